The highest BCUT2D eigenvalue weighted by atomic mass is 16.5. The summed E-state index contributed by atoms with van der Waals surface area (Å²) in [7, 11) is 0. The molecule has 2 rings (SSSR count). The first-order chi connectivity index (χ1) is 11.6. The van der Waals surface area contributed by atoms with Gasteiger partial charge in [0, 0.05) is 12.7 Å². The molecule has 0 aromatic carbocycles. The fourth-order valence-corrected chi connectivity index (χ4v) is 1.76. The van der Waals surface area contributed by atoms with Gasteiger partial charge in [0.05, 0.1) is 25.1 Å². The van der Waals surface area contributed by atoms with Crippen molar-refractivity contribution in [1.82, 2.24) is 25.8 Å². The lowest BCUT2D eigenvalue weighted by molar-refractivity contribution is -0.142. The number of hydrogen-bond acceptors (Lipinski definition) is 7. The van der Waals surface area contributed by atoms with Crippen LogP contribution in [0.15, 0.2) is 27.6 Å². The highest BCUT2D eigenvalue weighted by Crippen LogP contribution is 2.09. The van der Waals surface area contributed by atoms with E-state index < -0.39 is 6.03 Å². The number of ether oxygens (including phenoxy) is 1. The number of rotatable bonds is 7. The van der Waals surface area contributed by atoms with Crippen LogP contribution in [-0.2, 0) is 16.1 Å². The molecule has 24 heavy (non-hydrogen) atoms. The molecular formula is C14H17N5O5. The molecule has 0 fully saturated rings. The van der Waals surface area contributed by atoms with Crippen LogP contribution in [0.3, 0.4) is 0 Å². The molecule has 128 valence electrons. The van der Waals surface area contributed by atoms with Gasteiger partial charge in [0.15, 0.2) is 0 Å². The third-order valence-corrected chi connectivity index (χ3v) is 2.85. The molecule has 0 aliphatic carbocycles. The van der Waals surface area contributed by atoms with Gasteiger partial charge in [-0.15, -0.1) is 0 Å². The van der Waals surface area contributed by atoms with Crippen LogP contribution >= 0.6 is 0 Å². The summed E-state index contributed by atoms with van der Waals surface area (Å²) in [6, 6.07) is 2.71. The number of aromatic amines is 1. The lowest BCUT2D eigenvalue weighted by Crippen LogP contribution is -2.36. The number of aromatic nitrogens is 3. The van der Waals surface area contributed by atoms with E-state index in [4.69, 9.17) is 9.26 Å². The van der Waals surface area contributed by atoms with Crippen molar-refractivity contribution in [3.05, 3.63) is 34.6 Å². The molecule has 0 aliphatic heterocycles. The molecule has 0 radical (unpaired) electrons. The standard InChI is InChI=1S/C14H17N5O5/c1-2-23-11(20)5-7-16-14(22)17-8-10-18-12(19-24-10)9-4-3-6-15-13(9)21/h3-4,6H,2,5,7-8H2,1H3,(H,15,21)(H2,16,17,22). The highest BCUT2D eigenvalue weighted by Gasteiger charge is 2.12. The first kappa shape index (κ1) is 17.2. The van der Waals surface area contributed by atoms with Crippen LogP contribution < -0.4 is 16.2 Å². The SMILES string of the molecule is CCOC(=O)CCNC(=O)NCc1nc(-c2ccc[nH]c2=O)no1. The van der Waals surface area contributed by atoms with Crippen molar-refractivity contribution >= 4 is 12.0 Å². The van der Waals surface area contributed by atoms with Gasteiger partial charge in [-0.1, -0.05) is 5.16 Å². The Labute approximate surface area is 136 Å². The van der Waals surface area contributed by atoms with Crippen LogP contribution in [0.2, 0.25) is 0 Å². The molecule has 0 saturated carbocycles. The van der Waals surface area contributed by atoms with Gasteiger partial charge in [0.2, 0.25) is 11.7 Å². The maximum Gasteiger partial charge on any atom is 0.315 e. The van der Waals surface area contributed by atoms with Crippen molar-refractivity contribution in [3.8, 4) is 11.4 Å². The summed E-state index contributed by atoms with van der Waals surface area (Å²) in [6.45, 7) is 2.15. The van der Waals surface area contributed by atoms with E-state index in [1.807, 2.05) is 0 Å². The molecule has 0 saturated heterocycles. The maximum atomic E-state index is 11.6. The Balaban J connectivity index is 1.79. The molecule has 10 nitrogen and oxygen atoms in total. The number of hydrogen-bond donors (Lipinski definition) is 3. The summed E-state index contributed by atoms with van der Waals surface area (Å²) in [6.07, 6.45) is 1.58. The number of carbonyl (C=O) groups excluding carboxylic acids is 2. The molecule has 3 N–H and O–H groups in total. The molecule has 0 bridgehead atoms. The lowest BCUT2D eigenvalue weighted by Gasteiger charge is -2.05. The summed E-state index contributed by atoms with van der Waals surface area (Å²) in [5.41, 5.74) is -0.0686. The third kappa shape index (κ3) is 4.93. The topological polar surface area (TPSA) is 139 Å². The number of nitrogens with zero attached hydrogens (tertiary/aromatic N) is 2. The van der Waals surface area contributed by atoms with Gasteiger partial charge < -0.3 is 24.9 Å². The first-order valence-corrected chi connectivity index (χ1v) is 7.28. The molecule has 2 heterocycles. The fourth-order valence-electron chi connectivity index (χ4n) is 1.76. The molecule has 2 amide bonds. The van der Waals surface area contributed by atoms with Crippen LogP contribution in [0.1, 0.15) is 19.2 Å². The number of carbonyl (C=O) groups is 2. The van der Waals surface area contributed by atoms with Crippen molar-refractivity contribution in [1.29, 1.82) is 0 Å². The predicted octanol–water partition coefficient (Wildman–Crippen LogP) is 0.177. The Hall–Kier alpha value is -3.17. The van der Waals surface area contributed by atoms with Gasteiger partial charge in [-0.2, -0.15) is 4.98 Å². The molecule has 2 aromatic rings. The van der Waals surface area contributed by atoms with Gasteiger partial charge in [-0.05, 0) is 19.1 Å². The summed E-state index contributed by atoms with van der Waals surface area (Å²) in [4.78, 5) is 40.8. The van der Waals surface area contributed by atoms with Crippen LogP contribution in [-0.4, -0.2) is 40.3 Å². The number of esters is 1. The Bertz CT molecular complexity index is 754. The highest BCUT2D eigenvalue weighted by molar-refractivity contribution is 5.75. The van der Waals surface area contributed by atoms with E-state index in [-0.39, 0.29) is 48.3 Å². The molecule has 2 aromatic heterocycles. The van der Waals surface area contributed by atoms with E-state index in [0.717, 1.165) is 0 Å². The van der Waals surface area contributed by atoms with Gasteiger partial charge in [-0.25, -0.2) is 4.79 Å². The molecule has 10 heteroatoms. The number of amides is 2. The molecule has 0 aliphatic rings. The van der Waals surface area contributed by atoms with E-state index >= 15 is 0 Å². The zero-order valence-corrected chi connectivity index (χ0v) is 13.0. The first-order valence-electron chi connectivity index (χ1n) is 7.28. The summed E-state index contributed by atoms with van der Waals surface area (Å²) >= 11 is 0. The average Bonchev–Trinajstić information content (AvgIpc) is 3.02. The number of pyridine rings is 1. The minimum atomic E-state index is -0.489. The Morgan fingerprint density at radius 1 is 1.38 bits per heavy atom. The maximum absolute atomic E-state index is 11.6. The average molecular weight is 335 g/mol. The minimum Gasteiger partial charge on any atom is -0.466 e. The fraction of sp³-hybridized carbons (Fsp3) is 0.357. The summed E-state index contributed by atoms with van der Waals surface area (Å²) < 4.78 is 9.70. The van der Waals surface area contributed by atoms with Crippen LogP contribution in [0.5, 0.6) is 0 Å². The normalized spacial score (nSPS) is 10.2. The molecule has 0 atom stereocenters. The molecule has 0 unspecified atom stereocenters. The number of urea groups is 1. The van der Waals surface area contributed by atoms with E-state index in [1.165, 1.54) is 6.20 Å². The van der Waals surface area contributed by atoms with E-state index in [2.05, 4.69) is 25.8 Å². The molecule has 0 spiro atoms. The van der Waals surface area contributed by atoms with Crippen molar-refractivity contribution in [3.63, 3.8) is 0 Å². The van der Waals surface area contributed by atoms with Crippen LogP contribution in [0.4, 0.5) is 4.79 Å². The van der Waals surface area contributed by atoms with E-state index in [0.29, 0.717) is 6.61 Å². The van der Waals surface area contributed by atoms with Crippen molar-refractivity contribution in [2.75, 3.05) is 13.2 Å². The number of nitrogens with one attached hydrogen (secondary N) is 3. The Morgan fingerprint density at radius 3 is 2.96 bits per heavy atom. The van der Waals surface area contributed by atoms with Crippen molar-refractivity contribution in [2.24, 2.45) is 0 Å². The minimum absolute atomic E-state index is 0.0109. The van der Waals surface area contributed by atoms with E-state index in [1.54, 1.807) is 19.1 Å². The zero-order valence-electron chi connectivity index (χ0n) is 13.0. The second-order valence-corrected chi connectivity index (χ2v) is 4.59. The molecular weight excluding hydrogens is 318 g/mol. The van der Waals surface area contributed by atoms with Crippen molar-refractivity contribution in [2.45, 2.75) is 19.9 Å². The predicted molar refractivity (Wildman–Crippen MR) is 81.8 cm³/mol. The number of H-pyrrole nitrogens is 1. The van der Waals surface area contributed by atoms with Crippen LogP contribution in [0, 0.1) is 0 Å². The van der Waals surface area contributed by atoms with Gasteiger partial charge >= 0.3 is 12.0 Å². The van der Waals surface area contributed by atoms with Crippen LogP contribution in [0.25, 0.3) is 11.4 Å². The van der Waals surface area contributed by atoms with E-state index in [9.17, 15) is 14.4 Å². The largest absolute Gasteiger partial charge is 0.466 e. The lowest BCUT2D eigenvalue weighted by atomic mass is 10.3. The Kier molecular flexibility index (Phi) is 6.06. The van der Waals surface area contributed by atoms with Crippen molar-refractivity contribution < 1.29 is 18.8 Å². The smallest absolute Gasteiger partial charge is 0.315 e. The monoisotopic (exact) mass is 335 g/mol. The van der Waals surface area contributed by atoms with Gasteiger partial charge in [0.25, 0.3) is 5.56 Å². The quantitative estimate of drug-likeness (QED) is 0.613. The summed E-state index contributed by atoms with van der Waals surface area (Å²) in [5, 5.41) is 8.69. The third-order valence-electron chi connectivity index (χ3n) is 2.85. The second kappa shape index (κ2) is 8.46. The second-order valence-electron chi connectivity index (χ2n) is 4.59. The zero-order chi connectivity index (χ0) is 17.4. The van der Waals surface area contributed by atoms with Gasteiger partial charge in [-0.3, -0.25) is 9.59 Å². The van der Waals surface area contributed by atoms with Gasteiger partial charge in [0.1, 0.15) is 0 Å². The summed E-state index contributed by atoms with van der Waals surface area (Å²) in [5.74, 6) is -0.0995. The Morgan fingerprint density at radius 2 is 2.21 bits per heavy atom.